The number of benzene rings is 1. The predicted molar refractivity (Wildman–Crippen MR) is 130 cm³/mol. The molecule has 0 bridgehead atoms. The fourth-order valence-corrected chi connectivity index (χ4v) is 4.70. The standard InChI is InChI=1S/C24H22N6O4S/c1-35(33)21-14-30(20-10-15(2-4-18(20)21)23(32)29-6-8-34-9-7-29)24-27-12-17(13-28-24)19-5-3-16(11-26-19)22(25)31/h2-5,10-14H,6-9H2,1H3,(H2,25,31). The van der Waals surface area contributed by atoms with Gasteiger partial charge in [-0.3, -0.25) is 23.3 Å². The van der Waals surface area contributed by atoms with Gasteiger partial charge in [-0.25, -0.2) is 9.97 Å². The Morgan fingerprint density at radius 2 is 1.71 bits per heavy atom. The van der Waals surface area contributed by atoms with Crippen LogP contribution in [0.5, 0.6) is 0 Å². The second-order valence-corrected chi connectivity index (χ2v) is 9.37. The second-order valence-electron chi connectivity index (χ2n) is 8.02. The molecule has 1 unspecified atom stereocenters. The number of hydrogen-bond acceptors (Lipinski definition) is 7. The van der Waals surface area contributed by atoms with E-state index in [1.54, 1.807) is 58.6 Å². The minimum atomic E-state index is -1.25. The smallest absolute Gasteiger partial charge is 0.254 e. The van der Waals surface area contributed by atoms with Gasteiger partial charge in [0.1, 0.15) is 0 Å². The zero-order valence-electron chi connectivity index (χ0n) is 18.9. The second kappa shape index (κ2) is 9.35. The number of morpholine rings is 1. The molecule has 2 N–H and O–H groups in total. The van der Waals surface area contributed by atoms with Crippen molar-refractivity contribution in [2.24, 2.45) is 5.73 Å². The van der Waals surface area contributed by atoms with Crippen LogP contribution in [-0.2, 0) is 15.5 Å². The molecular weight excluding hydrogens is 468 g/mol. The maximum Gasteiger partial charge on any atom is 0.254 e. The molecule has 1 saturated heterocycles. The van der Waals surface area contributed by atoms with Crippen LogP contribution in [-0.4, -0.2) is 73.0 Å². The van der Waals surface area contributed by atoms with Gasteiger partial charge in [0, 0.05) is 60.6 Å². The highest BCUT2D eigenvalue weighted by Gasteiger charge is 2.21. The number of carbonyl (C=O) groups excluding carboxylic acids is 2. The van der Waals surface area contributed by atoms with Gasteiger partial charge in [0.15, 0.2) is 0 Å². The van der Waals surface area contributed by atoms with Crippen LogP contribution in [0.4, 0.5) is 0 Å². The molecule has 1 atom stereocenters. The van der Waals surface area contributed by atoms with Crippen molar-refractivity contribution in [1.29, 1.82) is 0 Å². The Hall–Kier alpha value is -3.96. The number of hydrogen-bond donors (Lipinski definition) is 1. The number of nitrogens with two attached hydrogens (primary N) is 1. The van der Waals surface area contributed by atoms with Crippen molar-refractivity contribution < 1.29 is 18.5 Å². The summed E-state index contributed by atoms with van der Waals surface area (Å²) in [5.41, 5.74) is 8.05. The Morgan fingerprint density at radius 1 is 1.00 bits per heavy atom. The highest BCUT2D eigenvalue weighted by molar-refractivity contribution is 7.84. The highest BCUT2D eigenvalue weighted by Crippen LogP contribution is 2.28. The number of carbonyl (C=O) groups is 2. The number of amides is 2. The van der Waals surface area contributed by atoms with Gasteiger partial charge >= 0.3 is 0 Å². The van der Waals surface area contributed by atoms with Gasteiger partial charge in [0.05, 0.1) is 45.7 Å². The van der Waals surface area contributed by atoms with E-state index in [1.807, 2.05) is 6.07 Å². The molecule has 10 nitrogen and oxygen atoms in total. The van der Waals surface area contributed by atoms with E-state index in [9.17, 15) is 13.8 Å². The third-order valence-electron chi connectivity index (χ3n) is 5.82. The lowest BCUT2D eigenvalue weighted by molar-refractivity contribution is 0.0303. The van der Waals surface area contributed by atoms with Crippen molar-refractivity contribution >= 4 is 33.5 Å². The van der Waals surface area contributed by atoms with Gasteiger partial charge in [-0.1, -0.05) is 6.07 Å². The fourth-order valence-electron chi connectivity index (χ4n) is 3.96. The van der Waals surface area contributed by atoms with Crippen LogP contribution in [0.2, 0.25) is 0 Å². The quantitative estimate of drug-likeness (QED) is 0.451. The summed E-state index contributed by atoms with van der Waals surface area (Å²) in [6.07, 6.45) is 7.98. The number of fused-ring (bicyclic) bond motifs is 1. The summed E-state index contributed by atoms with van der Waals surface area (Å²) in [6.45, 7) is 2.12. The average molecular weight is 491 g/mol. The first-order valence-electron chi connectivity index (χ1n) is 10.9. The molecule has 0 spiro atoms. The highest BCUT2D eigenvalue weighted by atomic mass is 32.2. The Kier molecular flexibility index (Phi) is 6.10. The van der Waals surface area contributed by atoms with E-state index in [1.165, 1.54) is 6.20 Å². The summed E-state index contributed by atoms with van der Waals surface area (Å²) in [6, 6.07) is 8.62. The molecule has 4 heterocycles. The maximum absolute atomic E-state index is 13.0. The number of ether oxygens (including phenoxy) is 1. The molecule has 2 amide bonds. The van der Waals surface area contributed by atoms with Crippen LogP contribution in [0, 0.1) is 0 Å². The molecule has 11 heteroatoms. The molecule has 1 fully saturated rings. The van der Waals surface area contributed by atoms with Gasteiger partial charge < -0.3 is 15.4 Å². The summed E-state index contributed by atoms with van der Waals surface area (Å²) >= 11 is 0. The van der Waals surface area contributed by atoms with Crippen molar-refractivity contribution in [2.75, 3.05) is 32.6 Å². The van der Waals surface area contributed by atoms with E-state index in [-0.39, 0.29) is 5.91 Å². The lowest BCUT2D eigenvalue weighted by Gasteiger charge is -2.26. The van der Waals surface area contributed by atoms with E-state index in [0.29, 0.717) is 65.0 Å². The zero-order chi connectivity index (χ0) is 24.5. The minimum Gasteiger partial charge on any atom is -0.378 e. The Labute approximate surface area is 203 Å². The Morgan fingerprint density at radius 3 is 2.34 bits per heavy atom. The van der Waals surface area contributed by atoms with E-state index in [0.717, 1.165) is 5.39 Å². The lowest BCUT2D eigenvalue weighted by atomic mass is 10.1. The topological polar surface area (TPSA) is 133 Å². The van der Waals surface area contributed by atoms with E-state index in [4.69, 9.17) is 10.5 Å². The van der Waals surface area contributed by atoms with Gasteiger partial charge in [-0.2, -0.15) is 0 Å². The largest absolute Gasteiger partial charge is 0.378 e. The first-order chi connectivity index (χ1) is 16.9. The molecule has 1 aromatic carbocycles. The number of pyridine rings is 1. The van der Waals surface area contributed by atoms with Crippen LogP contribution in [0.25, 0.3) is 28.1 Å². The lowest BCUT2D eigenvalue weighted by Crippen LogP contribution is -2.40. The van der Waals surface area contributed by atoms with E-state index < -0.39 is 16.7 Å². The van der Waals surface area contributed by atoms with Crippen LogP contribution >= 0.6 is 0 Å². The van der Waals surface area contributed by atoms with Gasteiger partial charge in [-0.05, 0) is 24.3 Å². The molecular formula is C24H22N6O4S. The molecule has 1 aliphatic heterocycles. The third kappa shape index (κ3) is 4.43. The molecule has 1 aliphatic rings. The maximum atomic E-state index is 13.0. The van der Waals surface area contributed by atoms with Gasteiger partial charge in [0.25, 0.3) is 5.91 Å². The van der Waals surface area contributed by atoms with Crippen molar-refractivity contribution in [3.63, 3.8) is 0 Å². The Balaban J connectivity index is 1.52. The molecule has 3 aromatic heterocycles. The number of primary amides is 1. The summed E-state index contributed by atoms with van der Waals surface area (Å²) in [4.78, 5) is 39.9. The number of aromatic nitrogens is 4. The molecule has 0 aliphatic carbocycles. The summed E-state index contributed by atoms with van der Waals surface area (Å²) in [5, 5.41) is 0.765. The first kappa shape index (κ1) is 22.8. The Bertz CT molecular complexity index is 1440. The normalized spacial score (nSPS) is 14.7. The van der Waals surface area contributed by atoms with Crippen LogP contribution in [0.15, 0.2) is 60.0 Å². The van der Waals surface area contributed by atoms with Crippen molar-refractivity contribution in [3.8, 4) is 17.2 Å². The molecule has 178 valence electrons. The summed E-state index contributed by atoms with van der Waals surface area (Å²) in [7, 11) is -1.25. The fraction of sp³-hybridized carbons (Fsp3) is 0.208. The SMILES string of the molecule is CS(=O)c1cn(-c2ncc(-c3ccc(C(N)=O)cn3)cn2)c2cc(C(=O)N3CCOCC3)ccc12. The molecule has 0 radical (unpaired) electrons. The van der Waals surface area contributed by atoms with E-state index >= 15 is 0 Å². The van der Waals surface area contributed by atoms with Crippen LogP contribution in [0.3, 0.4) is 0 Å². The van der Waals surface area contributed by atoms with Crippen molar-refractivity contribution in [2.45, 2.75) is 4.90 Å². The molecule has 4 aromatic rings. The van der Waals surface area contributed by atoms with Crippen molar-refractivity contribution in [1.82, 2.24) is 24.4 Å². The number of nitrogens with zero attached hydrogens (tertiary/aromatic N) is 5. The van der Waals surface area contributed by atoms with Crippen LogP contribution < -0.4 is 5.73 Å². The van der Waals surface area contributed by atoms with Gasteiger partial charge in [-0.15, -0.1) is 0 Å². The zero-order valence-corrected chi connectivity index (χ0v) is 19.7. The number of rotatable bonds is 5. The first-order valence-corrected chi connectivity index (χ1v) is 12.4. The van der Waals surface area contributed by atoms with E-state index in [2.05, 4.69) is 15.0 Å². The third-order valence-corrected chi connectivity index (χ3v) is 6.77. The summed E-state index contributed by atoms with van der Waals surface area (Å²) < 4.78 is 19.5. The summed E-state index contributed by atoms with van der Waals surface area (Å²) in [5.74, 6) is -0.269. The van der Waals surface area contributed by atoms with Gasteiger partial charge in [0.2, 0.25) is 11.9 Å². The molecule has 0 saturated carbocycles. The monoisotopic (exact) mass is 490 g/mol. The minimum absolute atomic E-state index is 0.0798. The molecule has 5 rings (SSSR count). The molecule has 35 heavy (non-hydrogen) atoms. The van der Waals surface area contributed by atoms with Crippen LogP contribution in [0.1, 0.15) is 20.7 Å². The predicted octanol–water partition coefficient (Wildman–Crippen LogP) is 1.79. The average Bonchev–Trinajstić information content (AvgIpc) is 3.28. The van der Waals surface area contributed by atoms with Crippen molar-refractivity contribution in [3.05, 3.63) is 66.2 Å².